The molecule has 4 rings (SSSR count). The van der Waals surface area contributed by atoms with Gasteiger partial charge in [0.1, 0.15) is 29.3 Å². The molecular weight excluding hydrogens is 458 g/mol. The number of hydrogen-bond acceptors (Lipinski definition) is 6. The van der Waals surface area contributed by atoms with E-state index in [0.29, 0.717) is 40.9 Å². The van der Waals surface area contributed by atoms with Crippen molar-refractivity contribution >= 4 is 28.5 Å². The molecule has 0 spiro atoms. The fraction of sp³-hybridized carbons (Fsp3) is 0.333. The molecule has 2 aromatic carbocycles. The summed E-state index contributed by atoms with van der Waals surface area (Å²) in [4.78, 5) is 29.0. The fourth-order valence-electron chi connectivity index (χ4n) is 3.99. The van der Waals surface area contributed by atoms with Crippen molar-refractivity contribution in [3.8, 4) is 5.75 Å². The molecule has 2 heterocycles. The number of furan rings is 1. The molecule has 0 unspecified atom stereocenters. The van der Waals surface area contributed by atoms with E-state index in [1.54, 1.807) is 50.4 Å². The zero-order valence-corrected chi connectivity index (χ0v) is 21.0. The Morgan fingerprint density at radius 1 is 1.11 bits per heavy atom. The molecule has 188 valence electrons. The van der Waals surface area contributed by atoms with Crippen molar-refractivity contribution in [3.05, 3.63) is 72.2 Å². The molecular formula is C27H31N5O4. The molecule has 0 aliphatic rings. The molecule has 0 radical (unpaired) electrons. The Morgan fingerprint density at radius 2 is 1.92 bits per heavy atom. The van der Waals surface area contributed by atoms with Crippen LogP contribution in [0.15, 0.2) is 65.1 Å². The van der Waals surface area contributed by atoms with Crippen LogP contribution in [0.3, 0.4) is 0 Å². The number of aryl methyl sites for hydroxylation is 1. The standard InChI is InChI=1S/C27H31N5O4/c1-18(2)14-15-28-27(34)26(24-13-12-19(3)36-24)32(20-8-7-9-21(16-20)35-4)25(33)17-31-23-11-6-5-10-22(23)29-30-31/h5-13,16,18,26H,14-15,17H2,1-4H3,(H,28,34)/t26-/m0/s1. The molecule has 0 aliphatic carbocycles. The number of para-hydroxylation sites is 1. The van der Waals surface area contributed by atoms with Gasteiger partial charge in [0.25, 0.3) is 5.91 Å². The first-order chi connectivity index (χ1) is 17.4. The molecule has 9 nitrogen and oxygen atoms in total. The minimum Gasteiger partial charge on any atom is -0.497 e. The highest BCUT2D eigenvalue weighted by atomic mass is 16.5. The number of ether oxygens (including phenoxy) is 1. The van der Waals surface area contributed by atoms with E-state index in [0.717, 1.165) is 11.9 Å². The third-order valence-electron chi connectivity index (χ3n) is 5.86. The minimum atomic E-state index is -1.03. The van der Waals surface area contributed by atoms with Crippen molar-refractivity contribution in [3.63, 3.8) is 0 Å². The second kappa shape index (κ2) is 11.1. The van der Waals surface area contributed by atoms with Crippen LogP contribution in [-0.4, -0.2) is 40.5 Å². The lowest BCUT2D eigenvalue weighted by atomic mass is 10.1. The molecule has 9 heteroatoms. The van der Waals surface area contributed by atoms with Crippen molar-refractivity contribution < 1.29 is 18.7 Å². The molecule has 0 saturated carbocycles. The molecule has 1 N–H and O–H groups in total. The topological polar surface area (TPSA) is 102 Å². The zero-order valence-electron chi connectivity index (χ0n) is 21.0. The van der Waals surface area contributed by atoms with Crippen molar-refractivity contribution in [1.82, 2.24) is 20.3 Å². The number of aromatic nitrogens is 3. The zero-order chi connectivity index (χ0) is 25.7. The minimum absolute atomic E-state index is 0.118. The summed E-state index contributed by atoms with van der Waals surface area (Å²) >= 11 is 0. The van der Waals surface area contributed by atoms with Crippen LogP contribution < -0.4 is 15.0 Å². The van der Waals surface area contributed by atoms with E-state index in [1.165, 1.54) is 9.58 Å². The maximum absolute atomic E-state index is 13.9. The monoisotopic (exact) mass is 489 g/mol. The highest BCUT2D eigenvalue weighted by molar-refractivity contribution is 6.01. The van der Waals surface area contributed by atoms with Gasteiger partial charge in [0.05, 0.1) is 12.6 Å². The first-order valence-corrected chi connectivity index (χ1v) is 12.0. The number of nitrogens with zero attached hydrogens (tertiary/aromatic N) is 4. The Kier molecular flexibility index (Phi) is 7.68. The highest BCUT2D eigenvalue weighted by Crippen LogP contribution is 2.32. The van der Waals surface area contributed by atoms with E-state index in [9.17, 15) is 9.59 Å². The number of carbonyl (C=O) groups excluding carboxylic acids is 2. The number of nitrogens with one attached hydrogen (secondary N) is 1. The van der Waals surface area contributed by atoms with Gasteiger partial charge in [-0.25, -0.2) is 4.68 Å². The van der Waals surface area contributed by atoms with Crippen LogP contribution in [-0.2, 0) is 16.1 Å². The summed E-state index contributed by atoms with van der Waals surface area (Å²) in [5.41, 5.74) is 1.91. The molecule has 4 aromatic rings. The Morgan fingerprint density at radius 3 is 2.64 bits per heavy atom. The molecule has 2 amide bonds. The molecule has 36 heavy (non-hydrogen) atoms. The van der Waals surface area contributed by atoms with Gasteiger partial charge >= 0.3 is 0 Å². The van der Waals surface area contributed by atoms with E-state index < -0.39 is 6.04 Å². The number of methoxy groups -OCH3 is 1. The summed E-state index contributed by atoms with van der Waals surface area (Å²) in [5, 5.41) is 11.3. The van der Waals surface area contributed by atoms with Crippen molar-refractivity contribution in [2.45, 2.75) is 39.8 Å². The Bertz CT molecular complexity index is 1340. The summed E-state index contributed by atoms with van der Waals surface area (Å²) in [5.74, 6) is 1.32. The molecule has 0 bridgehead atoms. The summed E-state index contributed by atoms with van der Waals surface area (Å²) in [6, 6.07) is 16.9. The summed E-state index contributed by atoms with van der Waals surface area (Å²) in [6.07, 6.45) is 0.813. The predicted molar refractivity (Wildman–Crippen MR) is 137 cm³/mol. The lowest BCUT2D eigenvalue weighted by molar-refractivity contribution is -0.127. The van der Waals surface area contributed by atoms with E-state index in [4.69, 9.17) is 9.15 Å². The van der Waals surface area contributed by atoms with Crippen LogP contribution in [0.4, 0.5) is 5.69 Å². The SMILES string of the molecule is COc1cccc(N(C(=O)Cn2nnc3ccccc32)[C@H](C(=O)NCCC(C)C)c2ccc(C)o2)c1. The normalized spacial score (nSPS) is 12.0. The molecule has 2 aromatic heterocycles. The number of amides is 2. The summed E-state index contributed by atoms with van der Waals surface area (Å²) < 4.78 is 12.8. The predicted octanol–water partition coefficient (Wildman–Crippen LogP) is 4.28. The number of carbonyl (C=O) groups is 2. The second-order valence-electron chi connectivity index (χ2n) is 9.03. The van der Waals surface area contributed by atoms with Crippen molar-refractivity contribution in [1.29, 1.82) is 0 Å². The fourth-order valence-corrected chi connectivity index (χ4v) is 3.99. The number of benzene rings is 2. The third kappa shape index (κ3) is 5.56. The van der Waals surface area contributed by atoms with Gasteiger partial charge in [0.15, 0.2) is 6.04 Å². The van der Waals surface area contributed by atoms with Gasteiger partial charge in [-0.2, -0.15) is 0 Å². The van der Waals surface area contributed by atoms with Gasteiger partial charge < -0.3 is 14.5 Å². The quantitative estimate of drug-likeness (QED) is 0.357. The highest BCUT2D eigenvalue weighted by Gasteiger charge is 2.35. The van der Waals surface area contributed by atoms with E-state index in [-0.39, 0.29) is 18.4 Å². The van der Waals surface area contributed by atoms with Crippen LogP contribution in [0.1, 0.15) is 37.8 Å². The van der Waals surface area contributed by atoms with Crippen LogP contribution >= 0.6 is 0 Å². The van der Waals surface area contributed by atoms with Gasteiger partial charge in [0, 0.05) is 18.3 Å². The largest absolute Gasteiger partial charge is 0.497 e. The smallest absolute Gasteiger partial charge is 0.251 e. The average Bonchev–Trinajstić information content (AvgIpc) is 3.48. The van der Waals surface area contributed by atoms with Crippen LogP contribution in [0, 0.1) is 12.8 Å². The van der Waals surface area contributed by atoms with E-state index in [2.05, 4.69) is 29.5 Å². The first kappa shape index (κ1) is 25.0. The lowest BCUT2D eigenvalue weighted by Gasteiger charge is -2.30. The van der Waals surface area contributed by atoms with E-state index >= 15 is 0 Å². The number of anilines is 1. The Balaban J connectivity index is 1.76. The Labute approximate surface area is 210 Å². The van der Waals surface area contributed by atoms with Gasteiger partial charge in [-0.3, -0.25) is 14.5 Å². The second-order valence-corrected chi connectivity index (χ2v) is 9.03. The van der Waals surface area contributed by atoms with Crippen LogP contribution in [0.2, 0.25) is 0 Å². The molecule has 0 saturated heterocycles. The summed E-state index contributed by atoms with van der Waals surface area (Å²) in [7, 11) is 1.55. The maximum Gasteiger partial charge on any atom is 0.251 e. The average molecular weight is 490 g/mol. The Hall–Kier alpha value is -4.14. The van der Waals surface area contributed by atoms with Crippen LogP contribution in [0.5, 0.6) is 5.75 Å². The number of rotatable bonds is 10. The van der Waals surface area contributed by atoms with Gasteiger partial charge in [-0.05, 0) is 55.7 Å². The van der Waals surface area contributed by atoms with Crippen molar-refractivity contribution in [2.24, 2.45) is 5.92 Å². The lowest BCUT2D eigenvalue weighted by Crippen LogP contribution is -2.45. The maximum atomic E-state index is 13.9. The number of fused-ring (bicyclic) bond motifs is 1. The van der Waals surface area contributed by atoms with Gasteiger partial charge in [-0.15, -0.1) is 5.10 Å². The first-order valence-electron chi connectivity index (χ1n) is 12.0. The molecule has 0 fully saturated rings. The third-order valence-corrected chi connectivity index (χ3v) is 5.86. The van der Waals surface area contributed by atoms with Crippen LogP contribution in [0.25, 0.3) is 11.0 Å². The van der Waals surface area contributed by atoms with Gasteiger partial charge in [-0.1, -0.05) is 37.3 Å². The molecule has 0 aliphatic heterocycles. The van der Waals surface area contributed by atoms with Gasteiger partial charge in [0.2, 0.25) is 5.91 Å². The van der Waals surface area contributed by atoms with Crippen molar-refractivity contribution in [2.75, 3.05) is 18.6 Å². The molecule has 1 atom stereocenters. The number of hydrogen-bond donors (Lipinski definition) is 1. The van der Waals surface area contributed by atoms with E-state index in [1.807, 2.05) is 24.3 Å². The summed E-state index contributed by atoms with van der Waals surface area (Å²) in [6.45, 7) is 6.35.